The van der Waals surface area contributed by atoms with Gasteiger partial charge in [0, 0.05) is 31.7 Å². The smallest absolute Gasteiger partial charge is 0.251 e. The van der Waals surface area contributed by atoms with Crippen molar-refractivity contribution in [3.8, 4) is 0 Å². The molecule has 2 rings (SSSR count). The summed E-state index contributed by atoms with van der Waals surface area (Å²) < 4.78 is 5.76. The number of benzene rings is 2. The number of rotatable bonds is 10. The SMILES string of the molecule is CC(OCCCNC(=O)CCNC(=O)c1ccccc1)c1ccccc1. The summed E-state index contributed by atoms with van der Waals surface area (Å²) in [6.07, 6.45) is 1.05. The van der Waals surface area contributed by atoms with Crippen LogP contribution >= 0.6 is 0 Å². The minimum atomic E-state index is -0.165. The summed E-state index contributed by atoms with van der Waals surface area (Å²) in [5.74, 6) is -0.240. The van der Waals surface area contributed by atoms with Gasteiger partial charge in [0.05, 0.1) is 6.10 Å². The first-order valence-electron chi connectivity index (χ1n) is 8.93. The van der Waals surface area contributed by atoms with E-state index >= 15 is 0 Å². The third-order valence-corrected chi connectivity index (χ3v) is 3.95. The number of carbonyl (C=O) groups excluding carboxylic acids is 2. The average molecular weight is 354 g/mol. The minimum Gasteiger partial charge on any atom is -0.374 e. The molecule has 2 amide bonds. The van der Waals surface area contributed by atoms with Gasteiger partial charge >= 0.3 is 0 Å². The van der Waals surface area contributed by atoms with E-state index in [0.717, 1.165) is 12.0 Å². The molecule has 26 heavy (non-hydrogen) atoms. The van der Waals surface area contributed by atoms with E-state index in [0.29, 0.717) is 25.3 Å². The van der Waals surface area contributed by atoms with Crippen LogP contribution in [0.2, 0.25) is 0 Å². The van der Waals surface area contributed by atoms with Crippen LogP contribution < -0.4 is 10.6 Å². The summed E-state index contributed by atoms with van der Waals surface area (Å²) >= 11 is 0. The van der Waals surface area contributed by atoms with Crippen molar-refractivity contribution in [2.75, 3.05) is 19.7 Å². The molecule has 0 saturated heterocycles. The maximum Gasteiger partial charge on any atom is 0.251 e. The molecule has 0 aromatic heterocycles. The Hall–Kier alpha value is -2.66. The third-order valence-electron chi connectivity index (χ3n) is 3.95. The molecule has 138 valence electrons. The Balaban J connectivity index is 1.52. The topological polar surface area (TPSA) is 67.4 Å². The average Bonchev–Trinajstić information content (AvgIpc) is 2.68. The molecule has 0 saturated carbocycles. The van der Waals surface area contributed by atoms with Gasteiger partial charge in [-0.3, -0.25) is 9.59 Å². The normalized spacial score (nSPS) is 11.6. The van der Waals surface area contributed by atoms with E-state index in [4.69, 9.17) is 4.74 Å². The van der Waals surface area contributed by atoms with Gasteiger partial charge in [0.2, 0.25) is 5.91 Å². The fourth-order valence-corrected chi connectivity index (χ4v) is 2.45. The highest BCUT2D eigenvalue weighted by Gasteiger charge is 2.07. The molecule has 0 spiro atoms. The number of amides is 2. The molecule has 1 atom stereocenters. The van der Waals surface area contributed by atoms with E-state index in [1.807, 2.05) is 55.5 Å². The summed E-state index contributed by atoms with van der Waals surface area (Å²) in [6, 6.07) is 19.0. The monoisotopic (exact) mass is 354 g/mol. The highest BCUT2D eigenvalue weighted by molar-refractivity contribution is 5.94. The van der Waals surface area contributed by atoms with E-state index < -0.39 is 0 Å². The van der Waals surface area contributed by atoms with Crippen molar-refractivity contribution >= 4 is 11.8 Å². The van der Waals surface area contributed by atoms with Gasteiger partial charge in [-0.15, -0.1) is 0 Å². The fourth-order valence-electron chi connectivity index (χ4n) is 2.45. The molecule has 0 radical (unpaired) electrons. The lowest BCUT2D eigenvalue weighted by Gasteiger charge is -2.13. The van der Waals surface area contributed by atoms with Gasteiger partial charge in [0.25, 0.3) is 5.91 Å². The second-order valence-electron chi connectivity index (χ2n) is 6.00. The second kappa shape index (κ2) is 11.1. The molecule has 0 aliphatic rings. The Morgan fingerprint density at radius 3 is 2.27 bits per heavy atom. The van der Waals surface area contributed by atoms with Crippen LogP contribution in [0.1, 0.15) is 41.8 Å². The van der Waals surface area contributed by atoms with E-state index in [1.165, 1.54) is 0 Å². The predicted molar refractivity (Wildman–Crippen MR) is 102 cm³/mol. The number of carbonyl (C=O) groups is 2. The summed E-state index contributed by atoms with van der Waals surface area (Å²) in [7, 11) is 0. The van der Waals surface area contributed by atoms with Crippen LogP contribution in [-0.2, 0) is 9.53 Å². The predicted octanol–water partition coefficient (Wildman–Crippen LogP) is 3.09. The van der Waals surface area contributed by atoms with Crippen molar-refractivity contribution in [1.29, 1.82) is 0 Å². The molecule has 1 unspecified atom stereocenters. The van der Waals surface area contributed by atoms with Crippen LogP contribution in [0, 0.1) is 0 Å². The Labute approximate surface area is 154 Å². The van der Waals surface area contributed by atoms with E-state index in [-0.39, 0.29) is 24.3 Å². The summed E-state index contributed by atoms with van der Waals surface area (Å²) in [6.45, 7) is 3.48. The van der Waals surface area contributed by atoms with E-state index in [1.54, 1.807) is 12.1 Å². The minimum absolute atomic E-state index is 0.0418. The van der Waals surface area contributed by atoms with E-state index in [2.05, 4.69) is 10.6 Å². The Morgan fingerprint density at radius 1 is 0.923 bits per heavy atom. The molecular weight excluding hydrogens is 328 g/mol. The summed E-state index contributed by atoms with van der Waals surface area (Å²) in [5, 5.41) is 5.58. The molecule has 0 bridgehead atoms. The van der Waals surface area contributed by atoms with Crippen molar-refractivity contribution in [2.24, 2.45) is 0 Å². The van der Waals surface area contributed by atoms with Crippen molar-refractivity contribution in [3.63, 3.8) is 0 Å². The van der Waals surface area contributed by atoms with Crippen molar-refractivity contribution in [1.82, 2.24) is 10.6 Å². The number of ether oxygens (including phenoxy) is 1. The van der Waals surface area contributed by atoms with Crippen molar-refractivity contribution in [2.45, 2.75) is 25.9 Å². The number of hydrogen-bond acceptors (Lipinski definition) is 3. The summed E-state index contributed by atoms with van der Waals surface area (Å²) in [5.41, 5.74) is 1.74. The Kier molecular flexibility index (Phi) is 8.36. The maximum atomic E-state index is 11.8. The Bertz CT molecular complexity index is 674. The third kappa shape index (κ3) is 7.07. The van der Waals surface area contributed by atoms with Gasteiger partial charge in [0.15, 0.2) is 0 Å². The largest absolute Gasteiger partial charge is 0.374 e. The lowest BCUT2D eigenvalue weighted by molar-refractivity contribution is -0.121. The van der Waals surface area contributed by atoms with Crippen molar-refractivity contribution in [3.05, 3.63) is 71.8 Å². The molecule has 0 heterocycles. The van der Waals surface area contributed by atoms with Crippen LogP contribution in [0.3, 0.4) is 0 Å². The highest BCUT2D eigenvalue weighted by atomic mass is 16.5. The molecule has 5 nitrogen and oxygen atoms in total. The van der Waals surface area contributed by atoms with Gasteiger partial charge < -0.3 is 15.4 Å². The molecule has 0 fully saturated rings. The first kappa shape index (κ1) is 19.7. The van der Waals surface area contributed by atoms with Crippen LogP contribution in [0.15, 0.2) is 60.7 Å². The quantitative estimate of drug-likeness (QED) is 0.644. The standard InChI is InChI=1S/C21H26N2O3/c1-17(18-9-4-2-5-10-18)26-16-8-14-22-20(24)13-15-23-21(25)19-11-6-3-7-12-19/h2-7,9-12,17H,8,13-16H2,1H3,(H,22,24)(H,23,25). The lowest BCUT2D eigenvalue weighted by Crippen LogP contribution is -2.31. The van der Waals surface area contributed by atoms with Crippen LogP contribution in [0.5, 0.6) is 0 Å². The highest BCUT2D eigenvalue weighted by Crippen LogP contribution is 2.15. The first-order chi connectivity index (χ1) is 12.7. The molecule has 0 aliphatic carbocycles. The molecule has 2 aromatic carbocycles. The zero-order valence-corrected chi connectivity index (χ0v) is 15.1. The molecular formula is C21H26N2O3. The van der Waals surface area contributed by atoms with Gasteiger partial charge in [-0.1, -0.05) is 48.5 Å². The van der Waals surface area contributed by atoms with Gasteiger partial charge in [0.1, 0.15) is 0 Å². The number of hydrogen-bond donors (Lipinski definition) is 2. The molecule has 2 aromatic rings. The molecule has 0 aliphatic heterocycles. The fraction of sp³-hybridized carbons (Fsp3) is 0.333. The molecule has 2 N–H and O–H groups in total. The van der Waals surface area contributed by atoms with Gasteiger partial charge in [-0.2, -0.15) is 0 Å². The maximum absolute atomic E-state index is 11.8. The first-order valence-corrected chi connectivity index (χ1v) is 8.93. The zero-order chi connectivity index (χ0) is 18.6. The zero-order valence-electron chi connectivity index (χ0n) is 15.1. The van der Waals surface area contributed by atoms with Crippen LogP contribution in [0.4, 0.5) is 0 Å². The van der Waals surface area contributed by atoms with Gasteiger partial charge in [-0.05, 0) is 31.0 Å². The summed E-state index contributed by atoms with van der Waals surface area (Å²) in [4.78, 5) is 23.6. The molecule has 5 heteroatoms. The second-order valence-corrected chi connectivity index (χ2v) is 6.00. The Morgan fingerprint density at radius 2 is 1.58 bits per heavy atom. The van der Waals surface area contributed by atoms with Crippen LogP contribution in [-0.4, -0.2) is 31.5 Å². The van der Waals surface area contributed by atoms with Crippen LogP contribution in [0.25, 0.3) is 0 Å². The lowest BCUT2D eigenvalue weighted by atomic mass is 10.1. The number of nitrogens with one attached hydrogen (secondary N) is 2. The van der Waals surface area contributed by atoms with E-state index in [9.17, 15) is 9.59 Å². The van der Waals surface area contributed by atoms with Crippen molar-refractivity contribution < 1.29 is 14.3 Å². The van der Waals surface area contributed by atoms with Gasteiger partial charge in [-0.25, -0.2) is 0 Å².